The summed E-state index contributed by atoms with van der Waals surface area (Å²) in [5.41, 5.74) is 1.14. The average Bonchev–Trinajstić information content (AvgIpc) is 2.63. The molecule has 1 heterocycles. The molecule has 0 radical (unpaired) electrons. The lowest BCUT2D eigenvalue weighted by Gasteiger charge is -2.36. The van der Waals surface area contributed by atoms with E-state index < -0.39 is 11.9 Å². The Morgan fingerprint density at radius 3 is 2.25 bits per heavy atom. The maximum Gasteiger partial charge on any atom is 0.328 e. The van der Waals surface area contributed by atoms with Crippen molar-refractivity contribution in [3.63, 3.8) is 0 Å². The maximum atomic E-state index is 9.55. The molecule has 0 aliphatic carbocycles. The number of hydrogen-bond donors (Lipinski definition) is 3. The molecule has 8 heteroatoms. The van der Waals surface area contributed by atoms with Crippen molar-refractivity contribution in [1.29, 1.82) is 0 Å². The minimum absolute atomic E-state index is 0.558. The van der Waals surface area contributed by atoms with Crippen LogP contribution in [0.3, 0.4) is 0 Å². The highest BCUT2D eigenvalue weighted by Gasteiger charge is 2.22. The van der Waals surface area contributed by atoms with Crippen LogP contribution in [0.5, 0.6) is 0 Å². The van der Waals surface area contributed by atoms with Crippen LogP contribution in [0.25, 0.3) is 0 Å². The van der Waals surface area contributed by atoms with Crippen LogP contribution >= 0.6 is 23.2 Å². The van der Waals surface area contributed by atoms with Crippen molar-refractivity contribution >= 4 is 35.1 Å². The van der Waals surface area contributed by atoms with Crippen LogP contribution in [-0.4, -0.2) is 52.7 Å². The molecule has 0 spiro atoms. The average molecular weight is 431 g/mol. The standard InChI is InChI=1S/C16H24Cl2N2.C4H4O4/c1-12(2)10-20(15-5-7-19-8-6-15)11-13-9-14(17)3-4-16(13)18;5-3(6)1-2-4(7)8/h3-4,9,12,15,19H,5-8,10-11H2,1-2H3;1-2H,(H,5,6)(H,7,8). The molecule has 3 N–H and O–H groups in total. The largest absolute Gasteiger partial charge is 0.478 e. The first-order valence-electron chi connectivity index (χ1n) is 9.21. The van der Waals surface area contributed by atoms with Gasteiger partial charge in [0.25, 0.3) is 0 Å². The number of carbonyl (C=O) groups is 2. The van der Waals surface area contributed by atoms with Crippen LogP contribution in [0.1, 0.15) is 32.3 Å². The third-order valence-corrected chi connectivity index (χ3v) is 4.78. The summed E-state index contributed by atoms with van der Waals surface area (Å²) < 4.78 is 0. The second-order valence-electron chi connectivity index (χ2n) is 7.05. The Kier molecular flexibility index (Phi) is 11.2. The zero-order valence-corrected chi connectivity index (χ0v) is 17.7. The number of benzene rings is 1. The Bertz CT molecular complexity index is 658. The molecule has 2 rings (SSSR count). The van der Waals surface area contributed by atoms with Gasteiger partial charge in [-0.15, -0.1) is 0 Å². The number of hydrogen-bond acceptors (Lipinski definition) is 4. The summed E-state index contributed by atoms with van der Waals surface area (Å²) in [6.07, 6.45) is 3.54. The summed E-state index contributed by atoms with van der Waals surface area (Å²) in [5.74, 6) is -1.86. The van der Waals surface area contributed by atoms with Gasteiger partial charge in [-0.05, 0) is 55.6 Å². The van der Waals surface area contributed by atoms with Gasteiger partial charge < -0.3 is 15.5 Å². The van der Waals surface area contributed by atoms with E-state index in [1.165, 1.54) is 12.8 Å². The van der Waals surface area contributed by atoms with E-state index >= 15 is 0 Å². The summed E-state index contributed by atoms with van der Waals surface area (Å²) in [5, 5.41) is 20.6. The Morgan fingerprint density at radius 2 is 1.75 bits per heavy atom. The van der Waals surface area contributed by atoms with Gasteiger partial charge in [0.2, 0.25) is 0 Å². The van der Waals surface area contributed by atoms with Gasteiger partial charge >= 0.3 is 11.9 Å². The zero-order chi connectivity index (χ0) is 21.1. The van der Waals surface area contributed by atoms with Crippen molar-refractivity contribution in [2.24, 2.45) is 5.92 Å². The molecular weight excluding hydrogens is 403 g/mol. The maximum absolute atomic E-state index is 9.55. The molecule has 1 saturated heterocycles. The van der Waals surface area contributed by atoms with Crippen LogP contribution in [-0.2, 0) is 16.1 Å². The first-order valence-corrected chi connectivity index (χ1v) is 9.97. The molecule has 0 saturated carbocycles. The first-order chi connectivity index (χ1) is 13.2. The highest BCUT2D eigenvalue weighted by molar-refractivity contribution is 6.33. The minimum atomic E-state index is -1.26. The van der Waals surface area contributed by atoms with Crippen LogP contribution in [0.15, 0.2) is 30.4 Å². The SMILES string of the molecule is CC(C)CN(Cc1cc(Cl)ccc1Cl)C1CCNCC1.O=C(O)C=CC(=O)O. The van der Waals surface area contributed by atoms with Gasteiger partial charge in [-0.3, -0.25) is 4.90 Å². The highest BCUT2D eigenvalue weighted by atomic mass is 35.5. The molecule has 1 aromatic rings. The van der Waals surface area contributed by atoms with Crippen molar-refractivity contribution in [2.45, 2.75) is 39.3 Å². The summed E-state index contributed by atoms with van der Waals surface area (Å²) >= 11 is 12.4. The van der Waals surface area contributed by atoms with Crippen LogP contribution in [0.2, 0.25) is 10.0 Å². The summed E-state index contributed by atoms with van der Waals surface area (Å²) in [6.45, 7) is 8.77. The Labute approximate surface area is 176 Å². The smallest absolute Gasteiger partial charge is 0.328 e. The predicted molar refractivity (Wildman–Crippen MR) is 112 cm³/mol. The number of carboxylic acid groups (broad SMARTS) is 2. The summed E-state index contributed by atoms with van der Waals surface area (Å²) in [4.78, 5) is 21.7. The van der Waals surface area contributed by atoms with E-state index in [1.54, 1.807) is 0 Å². The lowest BCUT2D eigenvalue weighted by Crippen LogP contribution is -2.44. The molecule has 28 heavy (non-hydrogen) atoms. The van der Waals surface area contributed by atoms with E-state index in [4.69, 9.17) is 33.4 Å². The van der Waals surface area contributed by atoms with Crippen LogP contribution in [0, 0.1) is 5.92 Å². The number of nitrogens with zero attached hydrogens (tertiary/aromatic N) is 1. The van der Waals surface area contributed by atoms with Gasteiger partial charge in [-0.25, -0.2) is 9.59 Å². The van der Waals surface area contributed by atoms with E-state index in [0.717, 1.165) is 41.8 Å². The van der Waals surface area contributed by atoms with Crippen molar-refractivity contribution in [1.82, 2.24) is 10.2 Å². The van der Waals surface area contributed by atoms with E-state index in [1.807, 2.05) is 18.2 Å². The fourth-order valence-corrected chi connectivity index (χ4v) is 3.38. The second kappa shape index (κ2) is 12.8. The van der Waals surface area contributed by atoms with E-state index in [9.17, 15) is 9.59 Å². The first kappa shape index (κ1) is 24.4. The molecule has 1 fully saturated rings. The molecule has 1 aliphatic heterocycles. The molecule has 6 nitrogen and oxygen atoms in total. The van der Waals surface area contributed by atoms with Gasteiger partial charge in [-0.2, -0.15) is 0 Å². The predicted octanol–water partition coefficient (Wildman–Crippen LogP) is 3.92. The van der Waals surface area contributed by atoms with Gasteiger partial charge in [0.1, 0.15) is 0 Å². The van der Waals surface area contributed by atoms with Crippen molar-refractivity contribution in [2.75, 3.05) is 19.6 Å². The van der Waals surface area contributed by atoms with E-state index in [-0.39, 0.29) is 0 Å². The Morgan fingerprint density at radius 1 is 1.18 bits per heavy atom. The quantitative estimate of drug-likeness (QED) is 0.567. The number of rotatable bonds is 7. The second-order valence-corrected chi connectivity index (χ2v) is 7.89. The lowest BCUT2D eigenvalue weighted by atomic mass is 10.0. The van der Waals surface area contributed by atoms with E-state index in [0.29, 0.717) is 24.1 Å². The molecule has 0 unspecified atom stereocenters. The molecule has 0 aromatic heterocycles. The van der Waals surface area contributed by atoms with Gasteiger partial charge in [0.15, 0.2) is 0 Å². The van der Waals surface area contributed by atoms with Crippen LogP contribution in [0.4, 0.5) is 0 Å². The Balaban J connectivity index is 0.000000416. The van der Waals surface area contributed by atoms with E-state index in [2.05, 4.69) is 24.1 Å². The van der Waals surface area contributed by atoms with Crippen molar-refractivity contribution in [3.8, 4) is 0 Å². The number of carboxylic acids is 2. The summed E-state index contributed by atoms with van der Waals surface area (Å²) in [7, 11) is 0. The molecule has 0 amide bonds. The molecular formula is C20H28Cl2N2O4. The lowest BCUT2D eigenvalue weighted by molar-refractivity contribution is -0.134. The fourth-order valence-electron chi connectivity index (χ4n) is 3.01. The molecule has 156 valence electrons. The Hall–Kier alpha value is -1.60. The number of piperidine rings is 1. The summed E-state index contributed by atoms with van der Waals surface area (Å²) in [6, 6.07) is 6.40. The molecule has 0 atom stereocenters. The van der Waals surface area contributed by atoms with Gasteiger partial charge in [-0.1, -0.05) is 37.0 Å². The normalized spacial score (nSPS) is 14.9. The van der Waals surface area contributed by atoms with Crippen molar-refractivity contribution in [3.05, 3.63) is 46.0 Å². The van der Waals surface area contributed by atoms with Gasteiger partial charge in [0.05, 0.1) is 0 Å². The molecule has 0 bridgehead atoms. The number of aliphatic carboxylic acids is 2. The van der Waals surface area contributed by atoms with Gasteiger partial charge in [0, 0.05) is 41.3 Å². The fraction of sp³-hybridized carbons (Fsp3) is 0.500. The minimum Gasteiger partial charge on any atom is -0.478 e. The van der Waals surface area contributed by atoms with Crippen LogP contribution < -0.4 is 5.32 Å². The zero-order valence-electron chi connectivity index (χ0n) is 16.2. The number of nitrogens with one attached hydrogen (secondary N) is 1. The number of halogens is 2. The third kappa shape index (κ3) is 10.1. The molecule has 1 aliphatic rings. The highest BCUT2D eigenvalue weighted by Crippen LogP contribution is 2.25. The molecule has 1 aromatic carbocycles. The monoisotopic (exact) mass is 430 g/mol. The third-order valence-electron chi connectivity index (χ3n) is 4.17. The van der Waals surface area contributed by atoms with Crippen molar-refractivity contribution < 1.29 is 19.8 Å². The topological polar surface area (TPSA) is 89.9 Å².